The molecule has 0 aliphatic rings. The first-order valence-electron chi connectivity index (χ1n) is 23.3. The Balaban J connectivity index is 3.98. The van der Waals surface area contributed by atoms with Gasteiger partial charge in [0.15, 0.2) is 0 Å². The monoisotopic (exact) mass is 790 g/mol. The molecule has 0 saturated heterocycles. The van der Waals surface area contributed by atoms with E-state index in [2.05, 4.69) is 13.8 Å². The Morgan fingerprint density at radius 2 is 0.852 bits per heavy atom. The van der Waals surface area contributed by atoms with Gasteiger partial charge in [-0.15, -0.1) is 0 Å². The molecule has 0 radical (unpaired) electrons. The predicted octanol–water partition coefficient (Wildman–Crippen LogP) is 13.0. The van der Waals surface area contributed by atoms with Crippen LogP contribution in [0.5, 0.6) is 0 Å². The molecule has 0 spiro atoms. The minimum Gasteiger partial charge on any atom is -0.756 e. The fraction of sp³-hybridized carbons (Fsp3) is 0.978. The predicted molar refractivity (Wildman–Crippen MR) is 227 cm³/mol. The molecule has 0 aromatic rings. The molecule has 2 unspecified atom stereocenters. The smallest absolute Gasteiger partial charge is 0.306 e. The van der Waals surface area contributed by atoms with Crippen LogP contribution in [0.25, 0.3) is 0 Å². The van der Waals surface area contributed by atoms with Crippen LogP contribution in [0.3, 0.4) is 0 Å². The van der Waals surface area contributed by atoms with Crippen molar-refractivity contribution in [3.8, 4) is 0 Å². The van der Waals surface area contributed by atoms with E-state index in [4.69, 9.17) is 18.5 Å². The van der Waals surface area contributed by atoms with Crippen LogP contribution in [0, 0.1) is 0 Å². The zero-order valence-electron chi connectivity index (χ0n) is 36.7. The van der Waals surface area contributed by atoms with Crippen LogP contribution in [0.2, 0.25) is 0 Å². The van der Waals surface area contributed by atoms with Gasteiger partial charge < -0.3 is 27.9 Å². The van der Waals surface area contributed by atoms with Crippen LogP contribution in [-0.4, -0.2) is 70.7 Å². The number of phosphoric ester groups is 1. The van der Waals surface area contributed by atoms with E-state index in [-0.39, 0.29) is 25.8 Å². The highest BCUT2D eigenvalue weighted by Crippen LogP contribution is 2.38. The molecule has 0 rings (SSSR count). The lowest BCUT2D eigenvalue weighted by Crippen LogP contribution is -2.37. The summed E-state index contributed by atoms with van der Waals surface area (Å²) in [5.41, 5.74) is 0. The molecule has 2 atom stereocenters. The van der Waals surface area contributed by atoms with Crippen molar-refractivity contribution in [1.29, 1.82) is 0 Å². The van der Waals surface area contributed by atoms with Crippen molar-refractivity contribution in [3.63, 3.8) is 0 Å². The average Bonchev–Trinajstić information content (AvgIpc) is 3.12. The number of ether oxygens (including phenoxy) is 2. The fourth-order valence-corrected chi connectivity index (χ4v) is 7.51. The summed E-state index contributed by atoms with van der Waals surface area (Å²) in [6.45, 7) is 5.44. The first kappa shape index (κ1) is 53.5. The number of phosphoric acid groups is 1. The number of likely N-dealkylation sites (N-methyl/N-ethyl adjacent to an activating group) is 1. The van der Waals surface area contributed by atoms with E-state index in [1.54, 1.807) is 0 Å². The number of carbonyl (C=O) groups is 1. The zero-order valence-corrected chi connectivity index (χ0v) is 37.6. The molecule has 0 aliphatic carbocycles. The summed E-state index contributed by atoms with van der Waals surface area (Å²) in [5, 5.41) is 0. The van der Waals surface area contributed by atoms with Gasteiger partial charge in [-0.05, 0) is 12.8 Å². The molecule has 0 N–H and O–H groups in total. The van der Waals surface area contributed by atoms with E-state index in [1.165, 1.54) is 173 Å². The van der Waals surface area contributed by atoms with Crippen molar-refractivity contribution in [1.82, 2.24) is 0 Å². The second-order valence-corrected chi connectivity index (χ2v) is 18.5. The number of carbonyl (C=O) groups excluding carboxylic acids is 1. The van der Waals surface area contributed by atoms with Gasteiger partial charge in [-0.2, -0.15) is 0 Å². The van der Waals surface area contributed by atoms with Gasteiger partial charge >= 0.3 is 5.97 Å². The quantitative estimate of drug-likeness (QED) is 0.0262. The highest BCUT2D eigenvalue weighted by molar-refractivity contribution is 7.45. The number of rotatable bonds is 44. The second-order valence-electron chi connectivity index (χ2n) is 17.1. The van der Waals surface area contributed by atoms with Gasteiger partial charge in [-0.25, -0.2) is 0 Å². The Labute approximate surface area is 336 Å². The maximum Gasteiger partial charge on any atom is 0.306 e. The van der Waals surface area contributed by atoms with E-state index in [9.17, 15) is 14.3 Å². The SMILES string of the molecule is CCCCCCCCCCCCCCCCCCCCCCCCCOCC(COP(=O)([O-])OCC[N+](C)(C)C)OC(=O)CCCCCCCCCCC. The van der Waals surface area contributed by atoms with Gasteiger partial charge in [0.05, 0.1) is 34.4 Å². The molecule has 0 fully saturated rings. The number of nitrogens with zero attached hydrogens (tertiary/aromatic N) is 1. The molecule has 0 bridgehead atoms. The third kappa shape index (κ3) is 42.6. The standard InChI is InChI=1S/C45H92NO7P/c1-6-8-10-12-14-16-17-18-19-20-21-22-23-24-25-26-27-28-29-31-33-35-37-40-50-42-44(43-52-54(48,49)51-41-39-46(3,4)5)53-45(47)38-36-34-32-30-15-13-11-9-7-2/h44H,6-43H2,1-5H3. The van der Waals surface area contributed by atoms with E-state index in [0.717, 1.165) is 32.1 Å². The lowest BCUT2D eigenvalue weighted by molar-refractivity contribution is -0.870. The van der Waals surface area contributed by atoms with Gasteiger partial charge in [0.2, 0.25) is 0 Å². The summed E-state index contributed by atoms with van der Waals surface area (Å²) in [6, 6.07) is 0. The second kappa shape index (κ2) is 39.3. The third-order valence-electron chi connectivity index (χ3n) is 10.4. The third-order valence-corrected chi connectivity index (χ3v) is 11.4. The Bertz CT molecular complexity index is 837. The number of esters is 1. The number of unbranched alkanes of at least 4 members (excludes halogenated alkanes) is 30. The molecule has 8 nitrogen and oxygen atoms in total. The lowest BCUT2D eigenvalue weighted by Gasteiger charge is -2.28. The molecule has 54 heavy (non-hydrogen) atoms. The largest absolute Gasteiger partial charge is 0.756 e. The Hall–Kier alpha value is -0.500. The molecule has 324 valence electrons. The summed E-state index contributed by atoms with van der Waals surface area (Å²) in [5.74, 6) is -0.332. The molecular weight excluding hydrogens is 697 g/mol. The molecule has 0 heterocycles. The van der Waals surface area contributed by atoms with Gasteiger partial charge in [0, 0.05) is 13.0 Å². The van der Waals surface area contributed by atoms with Crippen molar-refractivity contribution >= 4 is 13.8 Å². The summed E-state index contributed by atoms with van der Waals surface area (Å²) in [4.78, 5) is 24.9. The summed E-state index contributed by atoms with van der Waals surface area (Å²) < 4.78 is 34.5. The van der Waals surface area contributed by atoms with Crippen molar-refractivity contribution in [2.75, 3.05) is 54.1 Å². The van der Waals surface area contributed by atoms with Crippen molar-refractivity contribution in [2.24, 2.45) is 0 Å². The Morgan fingerprint density at radius 1 is 0.500 bits per heavy atom. The minimum absolute atomic E-state index is 0.0311. The van der Waals surface area contributed by atoms with Gasteiger partial charge in [0.25, 0.3) is 7.82 Å². The molecule has 9 heteroatoms. The van der Waals surface area contributed by atoms with E-state index in [1.807, 2.05) is 21.1 Å². The number of hydrogen-bond acceptors (Lipinski definition) is 7. The normalized spacial score (nSPS) is 13.7. The van der Waals surface area contributed by atoms with Gasteiger partial charge in [-0.3, -0.25) is 9.36 Å². The van der Waals surface area contributed by atoms with Crippen LogP contribution in [0.15, 0.2) is 0 Å². The van der Waals surface area contributed by atoms with Crippen molar-refractivity contribution < 1.29 is 37.3 Å². The highest BCUT2D eigenvalue weighted by Gasteiger charge is 2.20. The topological polar surface area (TPSA) is 94.1 Å². The maximum atomic E-state index is 12.6. The molecule has 0 aromatic heterocycles. The van der Waals surface area contributed by atoms with Crippen molar-refractivity contribution in [2.45, 2.75) is 232 Å². The highest BCUT2D eigenvalue weighted by atomic mass is 31.2. The van der Waals surface area contributed by atoms with Gasteiger partial charge in [-0.1, -0.05) is 206 Å². The Kier molecular flexibility index (Phi) is 39.0. The molecule has 0 aliphatic heterocycles. The van der Waals surface area contributed by atoms with Gasteiger partial charge in [0.1, 0.15) is 19.3 Å². The lowest BCUT2D eigenvalue weighted by atomic mass is 10.0. The molecular formula is C45H92NO7P. The van der Waals surface area contributed by atoms with Crippen LogP contribution in [-0.2, 0) is 27.9 Å². The van der Waals surface area contributed by atoms with E-state index < -0.39 is 13.9 Å². The fourth-order valence-electron chi connectivity index (χ4n) is 6.78. The summed E-state index contributed by atoms with van der Waals surface area (Å²) >= 11 is 0. The minimum atomic E-state index is -4.51. The molecule has 0 saturated carbocycles. The Morgan fingerprint density at radius 3 is 1.22 bits per heavy atom. The van der Waals surface area contributed by atoms with Crippen LogP contribution < -0.4 is 4.89 Å². The first-order valence-corrected chi connectivity index (χ1v) is 24.7. The molecule has 0 aromatic carbocycles. The summed E-state index contributed by atoms with van der Waals surface area (Å²) in [7, 11) is 1.37. The first-order chi connectivity index (χ1) is 26.1. The van der Waals surface area contributed by atoms with Crippen LogP contribution in [0.4, 0.5) is 0 Å². The van der Waals surface area contributed by atoms with E-state index >= 15 is 0 Å². The summed E-state index contributed by atoms with van der Waals surface area (Å²) in [6.07, 6.45) is 41.3. The van der Waals surface area contributed by atoms with E-state index in [0.29, 0.717) is 24.1 Å². The number of quaternary nitrogens is 1. The maximum absolute atomic E-state index is 12.6. The zero-order chi connectivity index (χ0) is 39.9. The van der Waals surface area contributed by atoms with Crippen LogP contribution >= 0.6 is 7.82 Å². The molecule has 0 amide bonds. The van der Waals surface area contributed by atoms with Crippen molar-refractivity contribution in [3.05, 3.63) is 0 Å². The van der Waals surface area contributed by atoms with Crippen LogP contribution in [0.1, 0.15) is 226 Å². The average molecular weight is 790 g/mol. The number of hydrogen-bond donors (Lipinski definition) is 0.